The molecule has 0 saturated carbocycles. The van der Waals surface area contributed by atoms with Crippen molar-refractivity contribution in [3.05, 3.63) is 22.9 Å². The fourth-order valence-electron chi connectivity index (χ4n) is 1.43. The van der Waals surface area contributed by atoms with Crippen LogP contribution in [-0.4, -0.2) is 52.3 Å². The minimum Gasteiger partial charge on any atom is -0.383 e. The molecule has 9 nitrogen and oxygen atoms in total. The highest BCUT2D eigenvalue weighted by Crippen LogP contribution is 2.03. The molecule has 2 aromatic heterocycles. The largest absolute Gasteiger partial charge is 0.383 e. The minimum absolute atomic E-state index is 0.0849. The Bertz CT molecular complexity index is 619. The first-order chi connectivity index (χ1) is 9.20. The first-order valence-corrected chi connectivity index (χ1v) is 5.63. The fraction of sp³-hybridized carbons (Fsp3) is 0.400. The number of fused-ring (bicyclic) bond motifs is 1. The molecule has 2 rings (SSSR count). The maximum Gasteiger partial charge on any atom is 0.348 e. The molecule has 0 spiro atoms. The van der Waals surface area contributed by atoms with Gasteiger partial charge in [0.1, 0.15) is 12.1 Å². The molecule has 0 bridgehead atoms. The number of methoxy groups -OCH3 is 1. The number of H-pyrrole nitrogens is 1. The molecular formula is C10H14N6O3. The average molecular weight is 266 g/mol. The quantitative estimate of drug-likeness (QED) is 0.554. The van der Waals surface area contributed by atoms with Crippen LogP contribution in [0, 0.1) is 0 Å². The number of aromatic nitrogens is 4. The van der Waals surface area contributed by atoms with E-state index < -0.39 is 0 Å². The lowest BCUT2D eigenvalue weighted by atomic mass is 10.5. The van der Waals surface area contributed by atoms with Crippen LogP contribution in [0.25, 0.3) is 5.65 Å². The maximum absolute atomic E-state index is 11.4. The highest BCUT2D eigenvalue weighted by molar-refractivity contribution is 5.80. The predicted octanol–water partition coefficient (Wildman–Crippen LogP) is -1.41. The third-order valence-corrected chi connectivity index (χ3v) is 2.37. The Morgan fingerprint density at radius 2 is 2.42 bits per heavy atom. The summed E-state index contributed by atoms with van der Waals surface area (Å²) in [4.78, 5) is 26.6. The number of anilines is 1. The van der Waals surface area contributed by atoms with Crippen molar-refractivity contribution in [2.24, 2.45) is 0 Å². The molecule has 0 saturated heterocycles. The molecule has 9 heteroatoms. The minimum atomic E-state index is -0.355. The summed E-state index contributed by atoms with van der Waals surface area (Å²) in [6.45, 7) is 1.01. The molecule has 0 fully saturated rings. The first kappa shape index (κ1) is 13.0. The average Bonchev–Trinajstić information content (AvgIpc) is 2.78. The standard InChI is InChI=1S/C10H14N6O3/c1-19-3-2-11-9(17)5-12-7-4-8-14-15-10(18)16(8)6-13-7/h4,6,12H,2-3,5H2,1H3,(H,11,17)(H,15,18). The lowest BCUT2D eigenvalue weighted by molar-refractivity contribution is -0.119. The highest BCUT2D eigenvalue weighted by Gasteiger charge is 2.04. The first-order valence-electron chi connectivity index (χ1n) is 5.63. The predicted molar refractivity (Wildman–Crippen MR) is 67.0 cm³/mol. The van der Waals surface area contributed by atoms with Gasteiger partial charge in [0.2, 0.25) is 5.91 Å². The second-order valence-electron chi connectivity index (χ2n) is 3.73. The van der Waals surface area contributed by atoms with E-state index in [1.807, 2.05) is 0 Å². The number of hydrogen-bond acceptors (Lipinski definition) is 6. The molecule has 3 N–H and O–H groups in total. The molecule has 19 heavy (non-hydrogen) atoms. The van der Waals surface area contributed by atoms with E-state index >= 15 is 0 Å². The molecule has 2 heterocycles. The van der Waals surface area contributed by atoms with Gasteiger partial charge in [-0.3, -0.25) is 4.79 Å². The summed E-state index contributed by atoms with van der Waals surface area (Å²) in [6.07, 6.45) is 1.34. The van der Waals surface area contributed by atoms with Crippen LogP contribution in [0.4, 0.5) is 5.82 Å². The molecule has 0 aliphatic rings. The van der Waals surface area contributed by atoms with Gasteiger partial charge in [-0.05, 0) is 0 Å². The monoisotopic (exact) mass is 266 g/mol. The van der Waals surface area contributed by atoms with Gasteiger partial charge < -0.3 is 15.4 Å². The molecule has 2 aromatic rings. The zero-order valence-corrected chi connectivity index (χ0v) is 10.3. The summed E-state index contributed by atoms with van der Waals surface area (Å²) in [5.41, 5.74) is 0.0775. The van der Waals surface area contributed by atoms with Crippen molar-refractivity contribution in [2.75, 3.05) is 32.1 Å². The number of hydrogen-bond donors (Lipinski definition) is 3. The van der Waals surface area contributed by atoms with Crippen molar-refractivity contribution >= 4 is 17.4 Å². The fourth-order valence-corrected chi connectivity index (χ4v) is 1.43. The maximum atomic E-state index is 11.4. The normalized spacial score (nSPS) is 10.6. The van der Waals surface area contributed by atoms with Crippen LogP contribution in [0.1, 0.15) is 0 Å². The number of ether oxygens (including phenoxy) is 1. The summed E-state index contributed by atoms with van der Waals surface area (Å²) in [6, 6.07) is 1.57. The Hall–Kier alpha value is -2.42. The molecule has 0 radical (unpaired) electrons. The van der Waals surface area contributed by atoms with Crippen LogP contribution in [0.5, 0.6) is 0 Å². The highest BCUT2D eigenvalue weighted by atomic mass is 16.5. The van der Waals surface area contributed by atoms with E-state index in [-0.39, 0.29) is 18.1 Å². The number of nitrogens with zero attached hydrogens (tertiary/aromatic N) is 3. The van der Waals surface area contributed by atoms with Crippen LogP contribution < -0.4 is 16.3 Å². The van der Waals surface area contributed by atoms with Gasteiger partial charge in [0.25, 0.3) is 0 Å². The summed E-state index contributed by atoms with van der Waals surface area (Å²) in [5.74, 6) is 0.298. The van der Waals surface area contributed by atoms with Crippen molar-refractivity contribution in [3.63, 3.8) is 0 Å². The van der Waals surface area contributed by atoms with Crippen molar-refractivity contribution in [2.45, 2.75) is 0 Å². The molecular weight excluding hydrogens is 252 g/mol. The van der Waals surface area contributed by atoms with E-state index in [0.717, 1.165) is 0 Å². The topological polar surface area (TPSA) is 113 Å². The van der Waals surface area contributed by atoms with Gasteiger partial charge in [0.05, 0.1) is 13.2 Å². The summed E-state index contributed by atoms with van der Waals surface area (Å²) < 4.78 is 6.08. The van der Waals surface area contributed by atoms with Crippen molar-refractivity contribution in [1.82, 2.24) is 24.9 Å². The zero-order valence-electron chi connectivity index (χ0n) is 10.3. The third kappa shape index (κ3) is 3.28. The number of carbonyl (C=O) groups excluding carboxylic acids is 1. The molecule has 0 aromatic carbocycles. The van der Waals surface area contributed by atoms with Crippen LogP contribution >= 0.6 is 0 Å². The van der Waals surface area contributed by atoms with Crippen LogP contribution in [0.2, 0.25) is 0 Å². The molecule has 0 aliphatic heterocycles. The van der Waals surface area contributed by atoms with Crippen LogP contribution in [-0.2, 0) is 9.53 Å². The van der Waals surface area contributed by atoms with Gasteiger partial charge >= 0.3 is 5.69 Å². The third-order valence-electron chi connectivity index (χ3n) is 2.37. The second kappa shape index (κ2) is 5.96. The van der Waals surface area contributed by atoms with Gasteiger partial charge in [-0.2, -0.15) is 5.10 Å². The van der Waals surface area contributed by atoms with E-state index in [1.54, 1.807) is 13.2 Å². The van der Waals surface area contributed by atoms with E-state index in [2.05, 4.69) is 25.8 Å². The van der Waals surface area contributed by atoms with Crippen LogP contribution in [0.15, 0.2) is 17.2 Å². The van der Waals surface area contributed by atoms with Gasteiger partial charge in [-0.15, -0.1) is 0 Å². The number of carbonyl (C=O) groups is 1. The SMILES string of the molecule is COCCNC(=O)CNc1cc2n[nH]c(=O)n2cn1. The Morgan fingerprint density at radius 3 is 3.21 bits per heavy atom. The summed E-state index contributed by atoms with van der Waals surface area (Å²) in [7, 11) is 1.56. The molecule has 0 aliphatic carbocycles. The Morgan fingerprint density at radius 1 is 1.58 bits per heavy atom. The summed E-state index contributed by atoms with van der Waals surface area (Å²) >= 11 is 0. The Labute approximate surface area is 108 Å². The number of amides is 1. The smallest absolute Gasteiger partial charge is 0.348 e. The van der Waals surface area contributed by atoms with E-state index in [1.165, 1.54) is 10.7 Å². The van der Waals surface area contributed by atoms with Gasteiger partial charge in [-0.1, -0.05) is 0 Å². The lowest BCUT2D eigenvalue weighted by Crippen LogP contribution is -2.32. The van der Waals surface area contributed by atoms with Crippen molar-refractivity contribution in [1.29, 1.82) is 0 Å². The van der Waals surface area contributed by atoms with Crippen molar-refractivity contribution < 1.29 is 9.53 Å². The number of rotatable bonds is 6. The van der Waals surface area contributed by atoms with Crippen LogP contribution in [0.3, 0.4) is 0 Å². The van der Waals surface area contributed by atoms with Gasteiger partial charge in [-0.25, -0.2) is 19.3 Å². The summed E-state index contributed by atoms with van der Waals surface area (Å²) in [5, 5.41) is 11.6. The van der Waals surface area contributed by atoms with Crippen molar-refractivity contribution in [3.8, 4) is 0 Å². The zero-order chi connectivity index (χ0) is 13.7. The van der Waals surface area contributed by atoms with E-state index in [9.17, 15) is 9.59 Å². The Kier molecular flexibility index (Phi) is 4.08. The van der Waals surface area contributed by atoms with Gasteiger partial charge in [0.15, 0.2) is 5.65 Å². The lowest BCUT2D eigenvalue weighted by Gasteiger charge is -2.06. The number of nitrogens with one attached hydrogen (secondary N) is 3. The second-order valence-corrected chi connectivity index (χ2v) is 3.73. The molecule has 1 amide bonds. The molecule has 0 unspecified atom stereocenters. The van der Waals surface area contributed by atoms with E-state index in [0.29, 0.717) is 24.6 Å². The number of aromatic amines is 1. The van der Waals surface area contributed by atoms with Gasteiger partial charge in [0, 0.05) is 19.7 Å². The molecule has 0 atom stereocenters. The van der Waals surface area contributed by atoms with E-state index in [4.69, 9.17) is 4.74 Å². The Balaban J connectivity index is 1.91. The molecule has 102 valence electrons.